The Hall–Kier alpha value is -1.49. The second-order valence-corrected chi connectivity index (χ2v) is 3.35. The van der Waals surface area contributed by atoms with E-state index in [1.54, 1.807) is 23.1 Å². The summed E-state index contributed by atoms with van der Waals surface area (Å²) in [7, 11) is 0. The molecular weight excluding hydrogens is 214 g/mol. The summed E-state index contributed by atoms with van der Waals surface area (Å²) in [5.74, 6) is 1.29. The van der Waals surface area contributed by atoms with E-state index in [1.807, 2.05) is 0 Å². The fraction of sp³-hybridized carbons (Fsp3) is 0.333. The van der Waals surface area contributed by atoms with E-state index in [0.29, 0.717) is 5.95 Å². The number of aromatic nitrogens is 5. The predicted octanol–water partition coefficient (Wildman–Crippen LogP) is 1.66. The van der Waals surface area contributed by atoms with Gasteiger partial charge in [0, 0.05) is 18.8 Å². The summed E-state index contributed by atoms with van der Waals surface area (Å²) in [4.78, 5) is 12.3. The molecule has 0 aliphatic heterocycles. The maximum absolute atomic E-state index is 5.75. The molecule has 15 heavy (non-hydrogen) atoms. The Morgan fingerprint density at radius 2 is 2.07 bits per heavy atom. The minimum Gasteiger partial charge on any atom is -0.220 e. The lowest BCUT2D eigenvalue weighted by Gasteiger charge is -2.01. The fourth-order valence-corrected chi connectivity index (χ4v) is 1.44. The molecule has 2 aromatic heterocycles. The first-order chi connectivity index (χ1) is 7.31. The lowest BCUT2D eigenvalue weighted by Crippen LogP contribution is -2.06. The van der Waals surface area contributed by atoms with Gasteiger partial charge < -0.3 is 0 Å². The molecule has 78 valence electrons. The molecule has 2 rings (SSSR count). The normalized spacial score (nSPS) is 10.5. The molecule has 5 nitrogen and oxygen atoms in total. The van der Waals surface area contributed by atoms with Gasteiger partial charge in [-0.2, -0.15) is 4.68 Å². The van der Waals surface area contributed by atoms with Crippen LogP contribution >= 0.6 is 11.6 Å². The van der Waals surface area contributed by atoms with E-state index in [9.17, 15) is 0 Å². The van der Waals surface area contributed by atoms with Crippen LogP contribution in [0.1, 0.15) is 19.2 Å². The molecule has 2 aromatic rings. The Bertz CT molecular complexity index is 439. The van der Waals surface area contributed by atoms with Gasteiger partial charge in [0.1, 0.15) is 5.82 Å². The van der Waals surface area contributed by atoms with Crippen molar-refractivity contribution in [2.24, 2.45) is 0 Å². The highest BCUT2D eigenvalue weighted by Crippen LogP contribution is 2.09. The van der Waals surface area contributed by atoms with Gasteiger partial charge in [-0.25, -0.2) is 15.0 Å². The van der Waals surface area contributed by atoms with Crippen LogP contribution in [0.3, 0.4) is 0 Å². The van der Waals surface area contributed by atoms with E-state index in [1.165, 1.54) is 0 Å². The van der Waals surface area contributed by atoms with E-state index in [-0.39, 0.29) is 5.28 Å². The third-order valence-corrected chi connectivity index (χ3v) is 2.02. The van der Waals surface area contributed by atoms with Gasteiger partial charge in [-0.3, -0.25) is 0 Å². The molecule has 6 heteroatoms. The van der Waals surface area contributed by atoms with E-state index in [0.717, 1.165) is 18.7 Å². The van der Waals surface area contributed by atoms with Crippen molar-refractivity contribution in [1.82, 2.24) is 24.7 Å². The van der Waals surface area contributed by atoms with Crippen LogP contribution in [0.15, 0.2) is 18.5 Å². The lowest BCUT2D eigenvalue weighted by molar-refractivity contribution is 0.724. The molecule has 0 saturated carbocycles. The van der Waals surface area contributed by atoms with Crippen LogP contribution in [0, 0.1) is 0 Å². The number of nitrogens with zero attached hydrogens (tertiary/aromatic N) is 5. The Kier molecular flexibility index (Phi) is 2.91. The molecule has 0 fully saturated rings. The van der Waals surface area contributed by atoms with E-state index >= 15 is 0 Å². The molecule has 0 aromatic carbocycles. The van der Waals surface area contributed by atoms with Gasteiger partial charge in [0.25, 0.3) is 5.95 Å². The summed E-state index contributed by atoms with van der Waals surface area (Å²) in [5.41, 5.74) is 0. The predicted molar refractivity (Wildman–Crippen MR) is 56.0 cm³/mol. The van der Waals surface area contributed by atoms with E-state index in [4.69, 9.17) is 11.6 Å². The van der Waals surface area contributed by atoms with Gasteiger partial charge >= 0.3 is 0 Å². The first-order valence-electron chi connectivity index (χ1n) is 4.70. The van der Waals surface area contributed by atoms with Crippen molar-refractivity contribution in [2.75, 3.05) is 0 Å². The van der Waals surface area contributed by atoms with Crippen molar-refractivity contribution in [3.8, 4) is 5.95 Å². The first kappa shape index (κ1) is 10.0. The van der Waals surface area contributed by atoms with Gasteiger partial charge in [-0.05, 0) is 24.1 Å². The van der Waals surface area contributed by atoms with Crippen LogP contribution in [0.4, 0.5) is 0 Å². The summed E-state index contributed by atoms with van der Waals surface area (Å²) < 4.78 is 1.58. The second kappa shape index (κ2) is 4.35. The maximum Gasteiger partial charge on any atom is 0.252 e. The molecule has 0 atom stereocenters. The molecule has 0 saturated heterocycles. The SMILES string of the molecule is CCCc1nc(Cl)nn1-c1ncccn1. The molecule has 0 amide bonds. The number of hydrogen-bond donors (Lipinski definition) is 0. The number of aryl methyl sites for hydroxylation is 1. The summed E-state index contributed by atoms with van der Waals surface area (Å²) >= 11 is 5.75. The average Bonchev–Trinajstić information content (AvgIpc) is 2.62. The average molecular weight is 224 g/mol. The molecule has 0 aliphatic rings. The highest BCUT2D eigenvalue weighted by atomic mass is 35.5. The van der Waals surface area contributed by atoms with Crippen molar-refractivity contribution in [3.05, 3.63) is 29.6 Å². The van der Waals surface area contributed by atoms with Crippen molar-refractivity contribution >= 4 is 11.6 Å². The van der Waals surface area contributed by atoms with Crippen LogP contribution in [0.25, 0.3) is 5.95 Å². The molecule has 0 bridgehead atoms. The zero-order valence-electron chi connectivity index (χ0n) is 8.26. The van der Waals surface area contributed by atoms with Crippen molar-refractivity contribution in [1.29, 1.82) is 0 Å². The maximum atomic E-state index is 5.75. The Morgan fingerprint density at radius 3 is 2.73 bits per heavy atom. The van der Waals surface area contributed by atoms with Gasteiger partial charge in [0.05, 0.1) is 0 Å². The fourth-order valence-electron chi connectivity index (χ4n) is 1.26. The summed E-state index contributed by atoms with van der Waals surface area (Å²) in [6.45, 7) is 2.07. The summed E-state index contributed by atoms with van der Waals surface area (Å²) in [6.07, 6.45) is 5.10. The van der Waals surface area contributed by atoms with Gasteiger partial charge in [0.15, 0.2) is 0 Å². The third-order valence-electron chi connectivity index (χ3n) is 1.86. The topological polar surface area (TPSA) is 56.5 Å². The number of hydrogen-bond acceptors (Lipinski definition) is 4. The first-order valence-corrected chi connectivity index (χ1v) is 5.08. The standard InChI is InChI=1S/C9H10ClN5/c1-2-4-7-13-8(10)14-15(7)9-11-5-3-6-12-9/h3,5-6H,2,4H2,1H3. The molecule has 0 radical (unpaired) electrons. The Labute approximate surface area is 92.2 Å². The number of rotatable bonds is 3. The largest absolute Gasteiger partial charge is 0.252 e. The molecule has 0 spiro atoms. The zero-order chi connectivity index (χ0) is 10.7. The molecular formula is C9H10ClN5. The molecule has 2 heterocycles. The van der Waals surface area contributed by atoms with Crippen LogP contribution in [0.2, 0.25) is 5.28 Å². The third kappa shape index (κ3) is 2.12. The van der Waals surface area contributed by atoms with E-state index < -0.39 is 0 Å². The Balaban J connectivity index is 2.43. The minimum atomic E-state index is 0.228. The summed E-state index contributed by atoms with van der Waals surface area (Å²) in [5, 5.41) is 4.27. The van der Waals surface area contributed by atoms with Crippen molar-refractivity contribution < 1.29 is 0 Å². The smallest absolute Gasteiger partial charge is 0.220 e. The quantitative estimate of drug-likeness (QED) is 0.794. The lowest BCUT2D eigenvalue weighted by atomic mass is 10.3. The minimum absolute atomic E-state index is 0.228. The van der Waals surface area contributed by atoms with Crippen LogP contribution < -0.4 is 0 Å². The van der Waals surface area contributed by atoms with Crippen molar-refractivity contribution in [3.63, 3.8) is 0 Å². The van der Waals surface area contributed by atoms with Crippen molar-refractivity contribution in [2.45, 2.75) is 19.8 Å². The Morgan fingerprint density at radius 1 is 1.33 bits per heavy atom. The number of halogens is 1. The van der Waals surface area contributed by atoms with E-state index in [2.05, 4.69) is 27.0 Å². The molecule has 0 unspecified atom stereocenters. The molecule has 0 aliphatic carbocycles. The summed E-state index contributed by atoms with van der Waals surface area (Å²) in [6, 6.07) is 1.75. The second-order valence-electron chi connectivity index (χ2n) is 3.01. The van der Waals surface area contributed by atoms with Gasteiger partial charge in [-0.1, -0.05) is 6.92 Å². The van der Waals surface area contributed by atoms with Crippen LogP contribution in [-0.2, 0) is 6.42 Å². The molecule has 0 N–H and O–H groups in total. The van der Waals surface area contributed by atoms with Gasteiger partial charge in [-0.15, -0.1) is 5.10 Å². The van der Waals surface area contributed by atoms with Crippen LogP contribution in [0.5, 0.6) is 0 Å². The van der Waals surface area contributed by atoms with Crippen LogP contribution in [-0.4, -0.2) is 24.7 Å². The highest BCUT2D eigenvalue weighted by molar-refractivity contribution is 6.28. The monoisotopic (exact) mass is 223 g/mol. The highest BCUT2D eigenvalue weighted by Gasteiger charge is 2.10. The zero-order valence-corrected chi connectivity index (χ0v) is 9.02. The van der Waals surface area contributed by atoms with Gasteiger partial charge in [0.2, 0.25) is 5.28 Å².